The lowest BCUT2D eigenvalue weighted by molar-refractivity contribution is -0.119. The average Bonchev–Trinajstić information content (AvgIpc) is 2.83. The van der Waals surface area contributed by atoms with E-state index in [1.807, 2.05) is 6.07 Å². The molecular weight excluding hydrogens is 167 g/mol. The zero-order chi connectivity index (χ0) is 9.47. The molecule has 1 aliphatic rings. The van der Waals surface area contributed by atoms with E-state index in [0.29, 0.717) is 0 Å². The van der Waals surface area contributed by atoms with Gasteiger partial charge in [-0.3, -0.25) is 4.79 Å². The lowest BCUT2D eigenvalue weighted by Crippen LogP contribution is -2.16. The molecule has 0 atom stereocenters. The molecule has 0 N–H and O–H groups in total. The van der Waals surface area contributed by atoms with E-state index in [-0.39, 0.29) is 17.0 Å². The zero-order valence-electron chi connectivity index (χ0n) is 7.51. The summed E-state index contributed by atoms with van der Waals surface area (Å²) in [7, 11) is 0. The number of ketones is 1. The first-order valence-electron chi connectivity index (χ1n) is 4.42. The molecule has 0 radical (unpaired) electrons. The Hall–Kier alpha value is -1.18. The quantitative estimate of drug-likeness (QED) is 0.679. The van der Waals surface area contributed by atoms with Crippen molar-refractivity contribution < 1.29 is 9.18 Å². The lowest BCUT2D eigenvalue weighted by Gasteiger charge is -2.10. The number of halogens is 1. The highest BCUT2D eigenvalue weighted by molar-refractivity contribution is 5.91. The second-order valence-corrected chi connectivity index (χ2v) is 3.65. The van der Waals surface area contributed by atoms with Crippen molar-refractivity contribution in [1.82, 2.24) is 0 Å². The van der Waals surface area contributed by atoms with E-state index < -0.39 is 0 Å². The predicted molar refractivity (Wildman–Crippen MR) is 48.0 cm³/mol. The maximum Gasteiger partial charge on any atom is 0.140 e. The van der Waals surface area contributed by atoms with Gasteiger partial charge in [-0.25, -0.2) is 4.39 Å². The summed E-state index contributed by atoms with van der Waals surface area (Å²) in [5.74, 6) is -0.108. The van der Waals surface area contributed by atoms with Gasteiger partial charge in [-0.2, -0.15) is 0 Å². The summed E-state index contributed by atoms with van der Waals surface area (Å²) >= 11 is 0. The molecule has 0 heterocycles. The van der Waals surface area contributed by atoms with E-state index in [9.17, 15) is 9.18 Å². The van der Waals surface area contributed by atoms with Crippen LogP contribution in [0.5, 0.6) is 0 Å². The van der Waals surface area contributed by atoms with E-state index in [2.05, 4.69) is 0 Å². The van der Waals surface area contributed by atoms with Crippen LogP contribution in [0.15, 0.2) is 24.3 Å². The summed E-state index contributed by atoms with van der Waals surface area (Å²) in [5, 5.41) is 0. The molecule has 1 saturated carbocycles. The molecule has 0 bridgehead atoms. The smallest absolute Gasteiger partial charge is 0.140 e. The Bertz CT molecular complexity index is 353. The van der Waals surface area contributed by atoms with Crippen LogP contribution >= 0.6 is 0 Å². The molecule has 0 unspecified atom stereocenters. The van der Waals surface area contributed by atoms with E-state index in [1.54, 1.807) is 13.0 Å². The molecule has 0 amide bonds. The summed E-state index contributed by atoms with van der Waals surface area (Å²) in [6, 6.07) is 6.36. The van der Waals surface area contributed by atoms with Crippen molar-refractivity contribution in [2.24, 2.45) is 0 Å². The monoisotopic (exact) mass is 178 g/mol. The van der Waals surface area contributed by atoms with Crippen molar-refractivity contribution in [2.45, 2.75) is 25.2 Å². The third-order valence-corrected chi connectivity index (χ3v) is 2.80. The van der Waals surface area contributed by atoms with Gasteiger partial charge in [-0.15, -0.1) is 0 Å². The van der Waals surface area contributed by atoms with Crippen molar-refractivity contribution in [3.63, 3.8) is 0 Å². The molecule has 2 heteroatoms. The Morgan fingerprint density at radius 3 is 2.62 bits per heavy atom. The third kappa shape index (κ3) is 1.26. The van der Waals surface area contributed by atoms with Gasteiger partial charge in [0, 0.05) is 0 Å². The fraction of sp³-hybridized carbons (Fsp3) is 0.364. The molecule has 13 heavy (non-hydrogen) atoms. The van der Waals surface area contributed by atoms with Crippen LogP contribution in [0.1, 0.15) is 25.3 Å². The lowest BCUT2D eigenvalue weighted by atomic mass is 9.92. The highest BCUT2D eigenvalue weighted by Gasteiger charge is 2.48. The molecular formula is C11H11FO. The van der Waals surface area contributed by atoms with Crippen LogP contribution in [-0.4, -0.2) is 5.78 Å². The van der Waals surface area contributed by atoms with E-state index in [4.69, 9.17) is 0 Å². The molecule has 68 valence electrons. The minimum Gasteiger partial charge on any atom is -0.299 e. The van der Waals surface area contributed by atoms with Crippen LogP contribution in [0.4, 0.5) is 4.39 Å². The Balaban J connectivity index is 2.41. The van der Waals surface area contributed by atoms with Crippen molar-refractivity contribution in [3.05, 3.63) is 35.6 Å². The Labute approximate surface area is 76.6 Å². The fourth-order valence-corrected chi connectivity index (χ4v) is 1.76. The summed E-state index contributed by atoms with van der Waals surface area (Å²) in [5.41, 5.74) is 0.488. The maximum absolute atomic E-state index is 12.9. The third-order valence-electron chi connectivity index (χ3n) is 2.80. The molecule has 0 aromatic heterocycles. The van der Waals surface area contributed by atoms with Gasteiger partial charge < -0.3 is 0 Å². The summed E-state index contributed by atoms with van der Waals surface area (Å²) < 4.78 is 12.9. The van der Waals surface area contributed by atoms with Crippen molar-refractivity contribution in [3.8, 4) is 0 Å². The first-order chi connectivity index (χ1) is 6.15. The molecule has 0 saturated heterocycles. The zero-order valence-corrected chi connectivity index (χ0v) is 7.51. The molecule has 0 aliphatic heterocycles. The molecule has 2 rings (SSSR count). The average molecular weight is 178 g/mol. The largest absolute Gasteiger partial charge is 0.299 e. The Kier molecular flexibility index (Phi) is 1.72. The highest BCUT2D eigenvalue weighted by atomic mass is 19.1. The van der Waals surface area contributed by atoms with E-state index >= 15 is 0 Å². The van der Waals surface area contributed by atoms with Gasteiger partial charge in [0.2, 0.25) is 0 Å². The van der Waals surface area contributed by atoms with Crippen LogP contribution < -0.4 is 0 Å². The standard InChI is InChI=1S/C11H11FO/c1-8(13)11(5-6-11)9-3-2-4-10(12)7-9/h2-4,7H,5-6H2,1H3. The molecule has 1 nitrogen and oxygen atoms in total. The second-order valence-electron chi connectivity index (χ2n) is 3.65. The Morgan fingerprint density at radius 1 is 1.46 bits per heavy atom. The number of benzene rings is 1. The first-order valence-corrected chi connectivity index (χ1v) is 4.42. The van der Waals surface area contributed by atoms with Crippen LogP contribution in [-0.2, 0) is 10.2 Å². The van der Waals surface area contributed by atoms with Crippen LogP contribution in [0.3, 0.4) is 0 Å². The number of rotatable bonds is 2. The van der Waals surface area contributed by atoms with Crippen LogP contribution in [0.2, 0.25) is 0 Å². The van der Waals surface area contributed by atoms with Gasteiger partial charge in [0.25, 0.3) is 0 Å². The first kappa shape index (κ1) is 8.42. The normalized spacial score (nSPS) is 18.3. The predicted octanol–water partition coefficient (Wildman–Crippen LogP) is 2.45. The Morgan fingerprint density at radius 2 is 2.15 bits per heavy atom. The minimum absolute atomic E-state index is 0.151. The van der Waals surface area contributed by atoms with Gasteiger partial charge in [0.15, 0.2) is 0 Å². The molecule has 1 aliphatic carbocycles. The van der Waals surface area contributed by atoms with Gasteiger partial charge in [-0.1, -0.05) is 12.1 Å². The SMILES string of the molecule is CC(=O)C1(c2cccc(F)c2)CC1. The summed E-state index contributed by atoms with van der Waals surface area (Å²) in [6.07, 6.45) is 1.73. The number of carbonyl (C=O) groups is 1. The summed E-state index contributed by atoms with van der Waals surface area (Å²) in [6.45, 7) is 1.58. The topological polar surface area (TPSA) is 17.1 Å². The number of hydrogen-bond donors (Lipinski definition) is 0. The van der Waals surface area contributed by atoms with Crippen molar-refractivity contribution in [1.29, 1.82) is 0 Å². The van der Waals surface area contributed by atoms with E-state index in [0.717, 1.165) is 18.4 Å². The molecule has 1 aromatic rings. The van der Waals surface area contributed by atoms with E-state index in [1.165, 1.54) is 12.1 Å². The number of hydrogen-bond acceptors (Lipinski definition) is 1. The number of Topliss-reactive ketones (excluding diaryl/α,β-unsaturated/α-hetero) is 1. The van der Waals surface area contributed by atoms with Crippen molar-refractivity contribution >= 4 is 5.78 Å². The van der Waals surface area contributed by atoms with Gasteiger partial charge >= 0.3 is 0 Å². The molecule has 1 aromatic carbocycles. The fourth-order valence-electron chi connectivity index (χ4n) is 1.76. The van der Waals surface area contributed by atoms with Gasteiger partial charge in [0.05, 0.1) is 5.41 Å². The highest BCUT2D eigenvalue weighted by Crippen LogP contribution is 2.48. The summed E-state index contributed by atoms with van der Waals surface area (Å²) in [4.78, 5) is 11.3. The van der Waals surface area contributed by atoms with Crippen LogP contribution in [0.25, 0.3) is 0 Å². The van der Waals surface area contributed by atoms with Crippen LogP contribution in [0, 0.1) is 5.82 Å². The molecule has 1 fully saturated rings. The van der Waals surface area contributed by atoms with Gasteiger partial charge in [-0.05, 0) is 37.5 Å². The maximum atomic E-state index is 12.9. The van der Waals surface area contributed by atoms with Gasteiger partial charge in [0.1, 0.15) is 11.6 Å². The minimum atomic E-state index is -0.345. The second kappa shape index (κ2) is 2.66. The molecule has 0 spiro atoms. The van der Waals surface area contributed by atoms with Crippen molar-refractivity contribution in [2.75, 3.05) is 0 Å². The number of carbonyl (C=O) groups excluding carboxylic acids is 1.